The molecule has 0 aromatic carbocycles. The third kappa shape index (κ3) is 7.36. The van der Waals surface area contributed by atoms with Crippen molar-refractivity contribution in [2.45, 2.75) is 72.6 Å². The summed E-state index contributed by atoms with van der Waals surface area (Å²) in [5.74, 6) is 3.49. The number of aromatic nitrogens is 1. The maximum atomic E-state index is 4.19. The van der Waals surface area contributed by atoms with Gasteiger partial charge in [-0.1, -0.05) is 0 Å². The monoisotopic (exact) mass is 393 g/mol. The van der Waals surface area contributed by atoms with Gasteiger partial charge in [-0.3, -0.25) is 0 Å². The Morgan fingerprint density at radius 1 is 0.952 bits per heavy atom. The van der Waals surface area contributed by atoms with E-state index in [1.54, 1.807) is 0 Å². The summed E-state index contributed by atoms with van der Waals surface area (Å²) in [6.07, 6.45) is 11.8. The fourth-order valence-electron chi connectivity index (χ4n) is 2.75. The zero-order valence-corrected chi connectivity index (χ0v) is 17.0. The molecule has 0 aliphatic heterocycles. The molecule has 21 heavy (non-hydrogen) atoms. The zero-order valence-electron chi connectivity index (χ0n) is 14.1. The first-order chi connectivity index (χ1) is 10.3. The molecule has 2 heteroatoms. The second kappa shape index (κ2) is 11.1. The molecular formula is C19H31NSn. The number of hydrogen-bond donors (Lipinski definition) is 0. The average Bonchev–Trinajstić information content (AvgIpc) is 2.54. The molecule has 0 radical (unpaired) electrons. The van der Waals surface area contributed by atoms with Gasteiger partial charge < -0.3 is 0 Å². The van der Waals surface area contributed by atoms with Crippen LogP contribution in [0.1, 0.15) is 64.9 Å². The van der Waals surface area contributed by atoms with Gasteiger partial charge in [-0.2, -0.15) is 0 Å². The van der Waals surface area contributed by atoms with E-state index in [9.17, 15) is 0 Å². The van der Waals surface area contributed by atoms with Gasteiger partial charge in [0.15, 0.2) is 0 Å². The predicted molar refractivity (Wildman–Crippen MR) is 96.0 cm³/mol. The Morgan fingerprint density at radius 3 is 1.95 bits per heavy atom. The van der Waals surface area contributed by atoms with E-state index in [1.807, 2.05) is 18.5 Å². The van der Waals surface area contributed by atoms with E-state index < -0.39 is 18.4 Å². The van der Waals surface area contributed by atoms with E-state index in [1.165, 1.54) is 51.8 Å². The van der Waals surface area contributed by atoms with Gasteiger partial charge in [-0.05, 0) is 0 Å². The fraction of sp³-hybridized carbons (Fsp3) is 0.632. The SMILES string of the molecule is CCC[CH2][Sn]([C]#Cc1cccnc1)([CH2]CCC)[CH2]CCC. The Morgan fingerprint density at radius 2 is 1.52 bits per heavy atom. The van der Waals surface area contributed by atoms with Gasteiger partial charge in [0.25, 0.3) is 0 Å². The predicted octanol–water partition coefficient (Wildman–Crippen LogP) is 5.82. The second-order valence-electron chi connectivity index (χ2n) is 6.08. The van der Waals surface area contributed by atoms with Crippen molar-refractivity contribution in [3.8, 4) is 9.86 Å². The fourth-order valence-corrected chi connectivity index (χ4v) is 16.0. The van der Waals surface area contributed by atoms with Crippen LogP contribution in [0.3, 0.4) is 0 Å². The van der Waals surface area contributed by atoms with Crippen molar-refractivity contribution in [2.75, 3.05) is 0 Å². The van der Waals surface area contributed by atoms with E-state index in [-0.39, 0.29) is 0 Å². The van der Waals surface area contributed by atoms with Crippen LogP contribution in [-0.4, -0.2) is 23.4 Å². The van der Waals surface area contributed by atoms with Crippen molar-refractivity contribution in [1.82, 2.24) is 4.98 Å². The quantitative estimate of drug-likeness (QED) is 0.381. The molecule has 0 atom stereocenters. The first-order valence-electron chi connectivity index (χ1n) is 8.69. The van der Waals surface area contributed by atoms with Crippen molar-refractivity contribution in [3.05, 3.63) is 30.1 Å². The van der Waals surface area contributed by atoms with Crippen molar-refractivity contribution < 1.29 is 0 Å². The number of nitrogens with zero attached hydrogens (tertiary/aromatic N) is 1. The molecule has 1 aromatic rings. The van der Waals surface area contributed by atoms with Gasteiger partial charge in [0, 0.05) is 0 Å². The van der Waals surface area contributed by atoms with Gasteiger partial charge in [-0.25, -0.2) is 0 Å². The minimum atomic E-state index is -2.28. The van der Waals surface area contributed by atoms with Crippen LogP contribution < -0.4 is 0 Å². The van der Waals surface area contributed by atoms with Crippen LogP contribution in [0.25, 0.3) is 0 Å². The van der Waals surface area contributed by atoms with Crippen molar-refractivity contribution >= 4 is 18.4 Å². The number of pyridine rings is 1. The molecule has 1 aromatic heterocycles. The number of unbranched alkanes of at least 4 members (excludes halogenated alkanes) is 3. The van der Waals surface area contributed by atoms with Crippen LogP contribution >= 0.6 is 0 Å². The molecule has 0 aliphatic rings. The normalized spacial score (nSPS) is 11.0. The molecule has 0 amide bonds. The molecule has 0 N–H and O–H groups in total. The first kappa shape index (κ1) is 18.6. The molecule has 0 bridgehead atoms. The zero-order chi connectivity index (χ0) is 15.4. The van der Waals surface area contributed by atoms with E-state index in [0.717, 1.165) is 5.56 Å². The summed E-state index contributed by atoms with van der Waals surface area (Å²) in [5, 5.41) is 0. The summed E-state index contributed by atoms with van der Waals surface area (Å²) >= 11 is -2.28. The molecule has 0 saturated heterocycles. The Kier molecular flexibility index (Phi) is 9.83. The topological polar surface area (TPSA) is 12.9 Å². The molecule has 1 nitrogen and oxygen atoms in total. The molecule has 0 spiro atoms. The van der Waals surface area contributed by atoms with Crippen LogP contribution in [0.15, 0.2) is 24.5 Å². The van der Waals surface area contributed by atoms with E-state index in [0.29, 0.717) is 0 Å². The molecule has 1 rings (SSSR count). The summed E-state index contributed by atoms with van der Waals surface area (Å²) < 4.78 is 8.24. The van der Waals surface area contributed by atoms with Crippen molar-refractivity contribution in [2.24, 2.45) is 0 Å². The van der Waals surface area contributed by atoms with Crippen LogP contribution in [0.2, 0.25) is 13.3 Å². The third-order valence-corrected chi connectivity index (χ3v) is 17.3. The van der Waals surface area contributed by atoms with Gasteiger partial charge in [0.05, 0.1) is 0 Å². The van der Waals surface area contributed by atoms with E-state index in [4.69, 9.17) is 0 Å². The Labute approximate surface area is 135 Å². The van der Waals surface area contributed by atoms with Gasteiger partial charge >= 0.3 is 136 Å². The Bertz CT molecular complexity index is 408. The van der Waals surface area contributed by atoms with E-state index >= 15 is 0 Å². The molecule has 0 aliphatic carbocycles. The third-order valence-electron chi connectivity index (χ3n) is 4.16. The molecule has 0 fully saturated rings. The number of hydrogen-bond acceptors (Lipinski definition) is 1. The van der Waals surface area contributed by atoms with Crippen molar-refractivity contribution in [1.29, 1.82) is 0 Å². The molecule has 1 heterocycles. The van der Waals surface area contributed by atoms with Crippen LogP contribution in [0.5, 0.6) is 0 Å². The van der Waals surface area contributed by atoms with E-state index in [2.05, 4.69) is 41.7 Å². The van der Waals surface area contributed by atoms with Crippen molar-refractivity contribution in [3.63, 3.8) is 0 Å². The maximum absolute atomic E-state index is 4.19. The minimum absolute atomic E-state index is 1.10. The van der Waals surface area contributed by atoms with Gasteiger partial charge in [0.2, 0.25) is 0 Å². The van der Waals surface area contributed by atoms with Gasteiger partial charge in [-0.15, -0.1) is 0 Å². The second-order valence-corrected chi connectivity index (χ2v) is 18.4. The summed E-state index contributed by atoms with van der Waals surface area (Å²) in [5.41, 5.74) is 1.10. The van der Waals surface area contributed by atoms with Crippen LogP contribution in [0, 0.1) is 9.86 Å². The summed E-state index contributed by atoms with van der Waals surface area (Å²) in [4.78, 5) is 4.19. The molecular weight excluding hydrogens is 361 g/mol. The van der Waals surface area contributed by atoms with Gasteiger partial charge in [0.1, 0.15) is 0 Å². The standard InChI is InChI=1S/C7H4N.3C4H9.Sn/c1-2-7-4-3-5-8-6-7;3*1-3-4-2;/h3-6H;3*1,3-4H2,2H3;. The summed E-state index contributed by atoms with van der Waals surface area (Å²) in [6.45, 7) is 6.93. The summed E-state index contributed by atoms with van der Waals surface area (Å²) in [7, 11) is 0. The first-order valence-corrected chi connectivity index (χ1v) is 16.2. The Hall–Kier alpha value is -0.491. The molecule has 116 valence electrons. The summed E-state index contributed by atoms with van der Waals surface area (Å²) in [6, 6.07) is 4.08. The van der Waals surface area contributed by atoms with Crippen LogP contribution in [-0.2, 0) is 0 Å². The molecule has 0 saturated carbocycles. The Balaban J connectivity index is 2.92. The van der Waals surface area contributed by atoms with Crippen LogP contribution in [0.4, 0.5) is 0 Å². The molecule has 0 unspecified atom stereocenters. The average molecular weight is 392 g/mol. The number of rotatable bonds is 9.